The van der Waals surface area contributed by atoms with Crippen LogP contribution in [0, 0.1) is 26.7 Å². The normalized spacial score (nSPS) is 13.6. The van der Waals surface area contributed by atoms with Gasteiger partial charge in [-0.1, -0.05) is 37.6 Å². The number of carbonyl (C=O) groups excluding carboxylic acids is 1. The number of nitrogens with zero attached hydrogens (tertiary/aromatic N) is 1. The number of pyridine rings is 1. The third-order valence-corrected chi connectivity index (χ3v) is 5.17. The molecule has 0 aliphatic carbocycles. The van der Waals surface area contributed by atoms with Gasteiger partial charge in [-0.25, -0.2) is 4.98 Å². The maximum atomic E-state index is 12.9. The molecule has 0 aliphatic heterocycles. The van der Waals surface area contributed by atoms with Gasteiger partial charge in [0.25, 0.3) is 0 Å². The summed E-state index contributed by atoms with van der Waals surface area (Å²) in [6, 6.07) is 0. The fourth-order valence-corrected chi connectivity index (χ4v) is 3.05. The second kappa shape index (κ2) is 14.3. The number of rotatable bonds is 12. The Labute approximate surface area is 194 Å². The van der Waals surface area contributed by atoms with Crippen LogP contribution >= 0.6 is 0 Å². The Kier molecular flexibility index (Phi) is 12.1. The fraction of sp³-hybridized carbons (Fsp3) is 0.481. The van der Waals surface area contributed by atoms with Crippen LogP contribution in [0.2, 0.25) is 0 Å². The van der Waals surface area contributed by atoms with E-state index in [0.29, 0.717) is 24.8 Å². The first-order valence-electron chi connectivity index (χ1n) is 11.5. The number of hydrogen-bond acceptors (Lipinski definition) is 4. The zero-order valence-electron chi connectivity index (χ0n) is 21.0. The van der Waals surface area contributed by atoms with E-state index in [2.05, 4.69) is 17.2 Å². The average Bonchev–Trinajstić information content (AvgIpc) is 2.76. The zero-order valence-corrected chi connectivity index (χ0v) is 21.0. The van der Waals surface area contributed by atoms with Gasteiger partial charge in [-0.15, -0.1) is 0 Å². The lowest BCUT2D eigenvalue weighted by molar-refractivity contribution is -0.118. The maximum Gasteiger partial charge on any atom is 0.232 e. The van der Waals surface area contributed by atoms with E-state index in [0.717, 1.165) is 41.0 Å². The maximum absolute atomic E-state index is 12.9. The molecule has 32 heavy (non-hydrogen) atoms. The van der Waals surface area contributed by atoms with Crippen molar-refractivity contribution < 1.29 is 14.3 Å². The minimum Gasteiger partial charge on any atom is -0.491 e. The number of hydrogen-bond donors (Lipinski definition) is 1. The van der Waals surface area contributed by atoms with Crippen molar-refractivity contribution in [3.8, 4) is 5.75 Å². The van der Waals surface area contributed by atoms with Gasteiger partial charge < -0.3 is 14.8 Å². The van der Waals surface area contributed by atoms with Crippen molar-refractivity contribution in [1.29, 1.82) is 0 Å². The number of carbonyl (C=O) groups is 1. The van der Waals surface area contributed by atoms with Crippen LogP contribution < -0.4 is 10.1 Å². The molecule has 0 bridgehead atoms. The first-order chi connectivity index (χ1) is 15.3. The Bertz CT molecular complexity index is 879. The van der Waals surface area contributed by atoms with Crippen LogP contribution in [0.3, 0.4) is 0 Å². The number of allylic oxidation sites excluding steroid dienone is 4. The molecule has 0 aromatic carbocycles. The third-order valence-electron chi connectivity index (χ3n) is 5.17. The van der Waals surface area contributed by atoms with E-state index in [4.69, 9.17) is 9.47 Å². The molecule has 0 spiro atoms. The molecule has 1 heterocycles. The molecule has 5 nitrogen and oxygen atoms in total. The monoisotopic (exact) mass is 440 g/mol. The van der Waals surface area contributed by atoms with Crippen molar-refractivity contribution in [3.63, 3.8) is 0 Å². The molecule has 176 valence electrons. The molecule has 5 heteroatoms. The Hall–Kier alpha value is -2.82. The number of unbranched alkanes of at least 4 members (excludes halogenated alkanes) is 1. The molecule has 1 amide bonds. The van der Waals surface area contributed by atoms with E-state index < -0.39 is 0 Å². The van der Waals surface area contributed by atoms with Gasteiger partial charge in [-0.3, -0.25) is 4.79 Å². The second-order valence-electron chi connectivity index (χ2n) is 7.83. The van der Waals surface area contributed by atoms with Crippen molar-refractivity contribution in [1.82, 2.24) is 4.98 Å². The van der Waals surface area contributed by atoms with Crippen molar-refractivity contribution >= 4 is 11.7 Å². The topological polar surface area (TPSA) is 60.5 Å². The highest BCUT2D eigenvalue weighted by Crippen LogP contribution is 2.29. The molecule has 1 aromatic heterocycles. The lowest BCUT2D eigenvalue weighted by atomic mass is 10.1. The van der Waals surface area contributed by atoms with Gasteiger partial charge in [0, 0.05) is 0 Å². The van der Waals surface area contributed by atoms with Gasteiger partial charge >= 0.3 is 0 Å². The lowest BCUT2D eigenvalue weighted by Gasteiger charge is -2.18. The Morgan fingerprint density at radius 3 is 2.38 bits per heavy atom. The summed E-state index contributed by atoms with van der Waals surface area (Å²) in [7, 11) is 0. The number of nitrogens with one attached hydrogen (secondary N) is 1. The molecule has 1 N–H and O–H groups in total. The van der Waals surface area contributed by atoms with Crippen LogP contribution in [0.4, 0.5) is 5.82 Å². The summed E-state index contributed by atoms with van der Waals surface area (Å²) >= 11 is 0. The Morgan fingerprint density at radius 2 is 1.78 bits per heavy atom. The predicted octanol–water partition coefficient (Wildman–Crippen LogP) is 6.76. The smallest absolute Gasteiger partial charge is 0.232 e. The highest BCUT2D eigenvalue weighted by atomic mass is 16.5. The summed E-state index contributed by atoms with van der Waals surface area (Å²) in [6.07, 6.45) is 13.7. The van der Waals surface area contributed by atoms with Crippen molar-refractivity contribution in [2.45, 2.75) is 68.2 Å². The highest BCUT2D eigenvalue weighted by Gasteiger charge is 2.18. The van der Waals surface area contributed by atoms with E-state index in [1.54, 1.807) is 0 Å². The molecule has 1 atom stereocenters. The number of aromatic nitrogens is 1. The second-order valence-corrected chi connectivity index (χ2v) is 7.83. The summed E-state index contributed by atoms with van der Waals surface area (Å²) in [6.45, 7) is 16.9. The SMILES string of the molecule is C/C=C\C(=C/C)COC(/C=C\C)=C/C(C)C(=O)Nc1nc(C)c(OCCCC)c(C)c1C. The molecule has 1 unspecified atom stereocenters. The molecular weight excluding hydrogens is 400 g/mol. The molecule has 1 rings (SSSR count). The minimum absolute atomic E-state index is 0.135. The van der Waals surface area contributed by atoms with Crippen molar-refractivity contribution in [2.75, 3.05) is 18.5 Å². The largest absolute Gasteiger partial charge is 0.491 e. The van der Waals surface area contributed by atoms with Crippen LogP contribution in [0.5, 0.6) is 5.75 Å². The predicted molar refractivity (Wildman–Crippen MR) is 134 cm³/mol. The number of anilines is 1. The molecule has 1 aromatic rings. The Balaban J connectivity index is 2.97. The van der Waals surface area contributed by atoms with E-state index in [1.165, 1.54) is 0 Å². The van der Waals surface area contributed by atoms with E-state index in [1.807, 2.05) is 84.9 Å². The molecule has 0 saturated heterocycles. The Morgan fingerprint density at radius 1 is 1.09 bits per heavy atom. The molecule has 0 aliphatic rings. The van der Waals surface area contributed by atoms with Gasteiger partial charge in [-0.2, -0.15) is 0 Å². The third kappa shape index (κ3) is 8.37. The number of ether oxygens (including phenoxy) is 2. The first-order valence-corrected chi connectivity index (χ1v) is 11.5. The summed E-state index contributed by atoms with van der Waals surface area (Å²) in [5.41, 5.74) is 3.78. The summed E-state index contributed by atoms with van der Waals surface area (Å²) < 4.78 is 11.9. The zero-order chi connectivity index (χ0) is 24.1. The van der Waals surface area contributed by atoms with E-state index in [9.17, 15) is 4.79 Å². The minimum atomic E-state index is -0.390. The first kappa shape index (κ1) is 27.2. The van der Waals surface area contributed by atoms with Crippen LogP contribution in [0.1, 0.15) is 64.3 Å². The number of aryl methyl sites for hydroxylation is 1. The van der Waals surface area contributed by atoms with Crippen LogP contribution in [0.15, 0.2) is 47.8 Å². The lowest BCUT2D eigenvalue weighted by Crippen LogP contribution is -2.21. The molecule has 0 fully saturated rings. The average molecular weight is 441 g/mol. The van der Waals surface area contributed by atoms with E-state index in [-0.39, 0.29) is 11.8 Å². The molecule has 0 saturated carbocycles. The van der Waals surface area contributed by atoms with Crippen LogP contribution in [0.25, 0.3) is 0 Å². The van der Waals surface area contributed by atoms with Crippen molar-refractivity contribution in [2.24, 2.45) is 5.92 Å². The van der Waals surface area contributed by atoms with Crippen LogP contribution in [-0.4, -0.2) is 24.1 Å². The van der Waals surface area contributed by atoms with E-state index >= 15 is 0 Å². The summed E-state index contributed by atoms with van der Waals surface area (Å²) in [4.78, 5) is 17.5. The highest BCUT2D eigenvalue weighted by molar-refractivity contribution is 5.93. The standard InChI is InChI=1S/C27H40N2O3/c1-9-13-16-31-25-20(6)21(7)26(28-22(25)8)29-27(30)19(5)17-24(15-11-3)32-18-23(12-4)14-10-2/h10-12,14-15,17,19H,9,13,16,18H2,1-8H3,(H,28,29,30)/b14-10-,15-11-,23-12+,24-17+. The molecule has 0 radical (unpaired) electrons. The summed E-state index contributed by atoms with van der Waals surface area (Å²) in [5, 5.41) is 2.98. The van der Waals surface area contributed by atoms with Gasteiger partial charge in [0.15, 0.2) is 0 Å². The van der Waals surface area contributed by atoms with Crippen molar-refractivity contribution in [3.05, 3.63) is 64.6 Å². The number of amides is 1. The van der Waals surface area contributed by atoms with Gasteiger partial charge in [-0.05, 0) is 83.7 Å². The van der Waals surface area contributed by atoms with Gasteiger partial charge in [0.1, 0.15) is 23.9 Å². The van der Waals surface area contributed by atoms with Crippen LogP contribution in [-0.2, 0) is 9.53 Å². The fourth-order valence-electron chi connectivity index (χ4n) is 3.05. The van der Waals surface area contributed by atoms with Gasteiger partial charge in [0.05, 0.1) is 18.2 Å². The quantitative estimate of drug-likeness (QED) is 0.222. The summed E-state index contributed by atoms with van der Waals surface area (Å²) in [5.74, 6) is 1.52. The van der Waals surface area contributed by atoms with Gasteiger partial charge in [0.2, 0.25) is 5.91 Å². The molecular formula is C27H40N2O3.